The highest BCUT2D eigenvalue weighted by atomic mass is 35.5. The molecule has 8 nitrogen and oxygen atoms in total. The van der Waals surface area contributed by atoms with Crippen molar-refractivity contribution in [2.75, 3.05) is 0 Å². The molecule has 0 heterocycles. The molecule has 0 fully saturated rings. The highest BCUT2D eigenvalue weighted by Crippen LogP contribution is 2.29. The molecule has 0 aromatic heterocycles. The first kappa shape index (κ1) is 18.7. The van der Waals surface area contributed by atoms with Gasteiger partial charge >= 0.3 is 6.03 Å². The zero-order valence-electron chi connectivity index (χ0n) is 13.2. The lowest BCUT2D eigenvalue weighted by Crippen LogP contribution is -2.50. The Labute approximate surface area is 138 Å². The molecule has 2 N–H and O–H groups in total. The standard InChI is InChI=1S/C14H18ClN3O5/c1-8(12(19)16-13(20)17-14(2,3)4)23-11-6-5-9(18(21)22)7-10(11)15/h5-8H,1-4H3,(H2,16,17,19,20)/t8-/m0/s1. The second-order valence-corrected chi connectivity index (χ2v) is 6.23. The number of imide groups is 1. The van der Waals surface area contributed by atoms with Gasteiger partial charge in [-0.15, -0.1) is 0 Å². The number of ether oxygens (including phenoxy) is 1. The second kappa shape index (κ2) is 7.28. The molecule has 23 heavy (non-hydrogen) atoms. The minimum Gasteiger partial charge on any atom is -0.479 e. The Balaban J connectivity index is 2.68. The van der Waals surface area contributed by atoms with E-state index in [9.17, 15) is 19.7 Å². The lowest BCUT2D eigenvalue weighted by atomic mass is 10.1. The van der Waals surface area contributed by atoms with Gasteiger partial charge in [0.05, 0.1) is 9.95 Å². The Morgan fingerprint density at radius 1 is 1.35 bits per heavy atom. The first-order chi connectivity index (χ1) is 10.5. The predicted octanol–water partition coefficient (Wildman–Crippen LogP) is 2.64. The molecule has 1 rings (SSSR count). The Kier molecular flexibility index (Phi) is 5.91. The van der Waals surface area contributed by atoms with Gasteiger partial charge < -0.3 is 10.1 Å². The van der Waals surface area contributed by atoms with Crippen molar-refractivity contribution in [1.82, 2.24) is 10.6 Å². The molecular formula is C14H18ClN3O5. The van der Waals surface area contributed by atoms with Gasteiger partial charge in [-0.1, -0.05) is 11.6 Å². The van der Waals surface area contributed by atoms with Crippen LogP contribution in [0.5, 0.6) is 5.75 Å². The Morgan fingerprint density at radius 3 is 2.43 bits per heavy atom. The molecule has 1 atom stereocenters. The summed E-state index contributed by atoms with van der Waals surface area (Å²) in [6, 6.07) is 2.97. The lowest BCUT2D eigenvalue weighted by Gasteiger charge is -2.21. The number of nitro benzene ring substituents is 1. The van der Waals surface area contributed by atoms with Crippen molar-refractivity contribution >= 4 is 29.2 Å². The van der Waals surface area contributed by atoms with Gasteiger partial charge in [-0.05, 0) is 33.8 Å². The summed E-state index contributed by atoms with van der Waals surface area (Å²) < 4.78 is 5.33. The van der Waals surface area contributed by atoms with E-state index in [1.54, 1.807) is 20.8 Å². The highest BCUT2D eigenvalue weighted by Gasteiger charge is 2.21. The van der Waals surface area contributed by atoms with Crippen LogP contribution in [0.15, 0.2) is 18.2 Å². The van der Waals surface area contributed by atoms with Crippen molar-refractivity contribution in [1.29, 1.82) is 0 Å². The molecule has 9 heteroatoms. The van der Waals surface area contributed by atoms with Crippen molar-refractivity contribution in [3.05, 3.63) is 33.3 Å². The van der Waals surface area contributed by atoms with Crippen LogP contribution in [0.2, 0.25) is 5.02 Å². The number of carbonyl (C=O) groups excluding carboxylic acids is 2. The van der Waals surface area contributed by atoms with Crippen LogP contribution < -0.4 is 15.4 Å². The van der Waals surface area contributed by atoms with Crippen LogP contribution in [0, 0.1) is 10.1 Å². The number of nitro groups is 1. The fourth-order valence-corrected chi connectivity index (χ4v) is 1.75. The van der Waals surface area contributed by atoms with Crippen LogP contribution in [0.25, 0.3) is 0 Å². The number of hydrogen-bond donors (Lipinski definition) is 2. The second-order valence-electron chi connectivity index (χ2n) is 5.83. The van der Waals surface area contributed by atoms with Gasteiger partial charge in [-0.2, -0.15) is 0 Å². The summed E-state index contributed by atoms with van der Waals surface area (Å²) in [4.78, 5) is 33.5. The molecule has 0 saturated carbocycles. The minimum absolute atomic E-state index is 0.00186. The largest absolute Gasteiger partial charge is 0.479 e. The van der Waals surface area contributed by atoms with Gasteiger partial charge in [0.1, 0.15) is 5.75 Å². The molecule has 0 aliphatic heterocycles. The molecule has 0 bridgehead atoms. The number of non-ortho nitro benzene ring substituents is 1. The minimum atomic E-state index is -1.01. The van der Waals surface area contributed by atoms with E-state index in [-0.39, 0.29) is 16.5 Å². The molecule has 0 radical (unpaired) electrons. The average molecular weight is 344 g/mol. The quantitative estimate of drug-likeness (QED) is 0.645. The van der Waals surface area contributed by atoms with Crippen molar-refractivity contribution < 1.29 is 19.2 Å². The fourth-order valence-electron chi connectivity index (χ4n) is 1.53. The van der Waals surface area contributed by atoms with E-state index in [2.05, 4.69) is 10.6 Å². The molecule has 0 spiro atoms. The molecule has 3 amide bonds. The summed E-state index contributed by atoms with van der Waals surface area (Å²) in [7, 11) is 0. The molecule has 126 valence electrons. The number of nitrogens with zero attached hydrogens (tertiary/aromatic N) is 1. The molecule has 1 aromatic rings. The first-order valence-corrected chi connectivity index (χ1v) is 7.11. The number of amides is 3. The normalized spacial score (nSPS) is 12.2. The third-order valence-electron chi connectivity index (χ3n) is 2.52. The lowest BCUT2D eigenvalue weighted by molar-refractivity contribution is -0.384. The van der Waals surface area contributed by atoms with Crippen LogP contribution in [0.4, 0.5) is 10.5 Å². The zero-order chi connectivity index (χ0) is 17.8. The molecule has 0 unspecified atom stereocenters. The van der Waals surface area contributed by atoms with Gasteiger partial charge in [0.15, 0.2) is 6.10 Å². The van der Waals surface area contributed by atoms with Gasteiger partial charge in [0.2, 0.25) is 0 Å². The number of benzene rings is 1. The summed E-state index contributed by atoms with van der Waals surface area (Å²) in [6.45, 7) is 6.74. The molecule has 0 saturated heterocycles. The Bertz CT molecular complexity index is 627. The van der Waals surface area contributed by atoms with E-state index in [4.69, 9.17) is 16.3 Å². The smallest absolute Gasteiger partial charge is 0.321 e. The van der Waals surface area contributed by atoms with Crippen LogP contribution in [-0.4, -0.2) is 28.5 Å². The van der Waals surface area contributed by atoms with E-state index in [1.807, 2.05) is 0 Å². The van der Waals surface area contributed by atoms with Crippen LogP contribution in [0.1, 0.15) is 27.7 Å². The van der Waals surface area contributed by atoms with Gasteiger partial charge in [-0.3, -0.25) is 20.2 Å². The number of hydrogen-bond acceptors (Lipinski definition) is 5. The van der Waals surface area contributed by atoms with E-state index >= 15 is 0 Å². The van der Waals surface area contributed by atoms with E-state index in [0.717, 1.165) is 6.07 Å². The van der Waals surface area contributed by atoms with Crippen molar-refractivity contribution in [2.24, 2.45) is 0 Å². The Hall–Kier alpha value is -2.35. The topological polar surface area (TPSA) is 111 Å². The number of carbonyl (C=O) groups is 2. The van der Waals surface area contributed by atoms with E-state index in [1.165, 1.54) is 19.1 Å². The van der Waals surface area contributed by atoms with E-state index < -0.39 is 28.5 Å². The Morgan fingerprint density at radius 2 is 1.96 bits per heavy atom. The fraction of sp³-hybridized carbons (Fsp3) is 0.429. The molecule has 1 aromatic carbocycles. The summed E-state index contributed by atoms with van der Waals surface area (Å²) in [5, 5.41) is 15.3. The van der Waals surface area contributed by atoms with Crippen LogP contribution in [0.3, 0.4) is 0 Å². The maximum atomic E-state index is 11.9. The van der Waals surface area contributed by atoms with E-state index in [0.29, 0.717) is 0 Å². The maximum Gasteiger partial charge on any atom is 0.321 e. The van der Waals surface area contributed by atoms with Gasteiger partial charge in [0, 0.05) is 17.7 Å². The average Bonchev–Trinajstić information content (AvgIpc) is 2.38. The van der Waals surface area contributed by atoms with Crippen molar-refractivity contribution in [3.63, 3.8) is 0 Å². The predicted molar refractivity (Wildman–Crippen MR) is 84.6 cm³/mol. The number of halogens is 1. The van der Waals surface area contributed by atoms with Gasteiger partial charge in [-0.25, -0.2) is 4.79 Å². The molecule has 0 aliphatic rings. The SMILES string of the molecule is C[C@H](Oc1ccc([N+](=O)[O-])cc1Cl)C(=O)NC(=O)NC(C)(C)C. The maximum absolute atomic E-state index is 11.9. The summed E-state index contributed by atoms with van der Waals surface area (Å²) in [6.07, 6.45) is -1.01. The third-order valence-corrected chi connectivity index (χ3v) is 2.82. The highest BCUT2D eigenvalue weighted by molar-refractivity contribution is 6.32. The number of urea groups is 1. The third kappa shape index (κ3) is 6.11. The monoisotopic (exact) mass is 343 g/mol. The van der Waals surface area contributed by atoms with Gasteiger partial charge in [0.25, 0.3) is 11.6 Å². The molecular weight excluding hydrogens is 326 g/mol. The van der Waals surface area contributed by atoms with Crippen LogP contribution >= 0.6 is 11.6 Å². The summed E-state index contributed by atoms with van der Waals surface area (Å²) >= 11 is 5.87. The molecule has 0 aliphatic carbocycles. The summed E-state index contributed by atoms with van der Waals surface area (Å²) in [5.74, 6) is -0.558. The van der Waals surface area contributed by atoms with Crippen molar-refractivity contribution in [3.8, 4) is 5.75 Å². The first-order valence-electron chi connectivity index (χ1n) is 6.73. The number of rotatable bonds is 4. The number of nitrogens with one attached hydrogen (secondary N) is 2. The zero-order valence-corrected chi connectivity index (χ0v) is 13.9. The summed E-state index contributed by atoms with van der Waals surface area (Å²) in [5.41, 5.74) is -0.681. The van der Waals surface area contributed by atoms with Crippen LogP contribution in [-0.2, 0) is 4.79 Å². The van der Waals surface area contributed by atoms with Crippen molar-refractivity contribution in [2.45, 2.75) is 39.3 Å².